The van der Waals surface area contributed by atoms with Gasteiger partial charge in [0.05, 0.1) is 11.1 Å². The summed E-state index contributed by atoms with van der Waals surface area (Å²) in [6.45, 7) is 1.43. The second kappa shape index (κ2) is 7.14. The van der Waals surface area contributed by atoms with Gasteiger partial charge >= 0.3 is 0 Å². The number of halogens is 2. The van der Waals surface area contributed by atoms with Crippen molar-refractivity contribution in [2.75, 3.05) is 18.5 Å². The fraction of sp³-hybridized carbons (Fsp3) is 0.200. The lowest BCUT2D eigenvalue weighted by atomic mass is 10.3. The molecule has 0 aromatic heterocycles. The van der Waals surface area contributed by atoms with E-state index in [1.54, 1.807) is 12.1 Å². The van der Waals surface area contributed by atoms with E-state index in [0.717, 1.165) is 24.4 Å². The van der Waals surface area contributed by atoms with Crippen LogP contribution in [0.1, 0.15) is 6.42 Å². The second-order valence-corrected chi connectivity index (χ2v) is 4.93. The summed E-state index contributed by atoms with van der Waals surface area (Å²) in [5.41, 5.74) is 0.896. The molecule has 0 amide bonds. The van der Waals surface area contributed by atoms with E-state index in [1.165, 1.54) is 6.07 Å². The monoisotopic (exact) mass is 323 g/mol. The van der Waals surface area contributed by atoms with Gasteiger partial charge in [-0.2, -0.15) is 0 Å². The van der Waals surface area contributed by atoms with E-state index in [4.69, 9.17) is 4.74 Å². The minimum absolute atomic E-state index is 0.252. The molecule has 2 rings (SSSR count). The third-order valence-electron chi connectivity index (χ3n) is 2.58. The minimum Gasteiger partial charge on any atom is -0.494 e. The van der Waals surface area contributed by atoms with Gasteiger partial charge in [-0.1, -0.05) is 18.2 Å². The van der Waals surface area contributed by atoms with E-state index in [0.29, 0.717) is 11.1 Å². The van der Waals surface area contributed by atoms with E-state index in [-0.39, 0.29) is 5.82 Å². The molecule has 0 heterocycles. The molecule has 0 saturated heterocycles. The van der Waals surface area contributed by atoms with Gasteiger partial charge in [0.2, 0.25) is 0 Å². The first kappa shape index (κ1) is 13.9. The summed E-state index contributed by atoms with van der Waals surface area (Å²) in [5.74, 6) is 0.630. The van der Waals surface area contributed by atoms with Crippen molar-refractivity contribution in [3.05, 3.63) is 58.8 Å². The Bertz CT molecular complexity index is 519. The number of para-hydroxylation sites is 1. The average Bonchev–Trinajstić information content (AvgIpc) is 2.43. The molecule has 0 saturated carbocycles. The Morgan fingerprint density at radius 1 is 1.11 bits per heavy atom. The standard InChI is InChI=1S/C15H15BrFNO/c16-14-11-12(7-8-15(14)17)18-9-4-10-19-13-5-2-1-3-6-13/h1-3,5-8,11,18H,4,9-10H2. The fourth-order valence-electron chi connectivity index (χ4n) is 1.62. The molecule has 0 aliphatic rings. The van der Waals surface area contributed by atoms with E-state index in [9.17, 15) is 4.39 Å². The third-order valence-corrected chi connectivity index (χ3v) is 3.19. The summed E-state index contributed by atoms with van der Waals surface area (Å²) in [7, 11) is 0. The number of benzene rings is 2. The zero-order valence-corrected chi connectivity index (χ0v) is 12.0. The van der Waals surface area contributed by atoms with Gasteiger partial charge in [-0.05, 0) is 52.7 Å². The van der Waals surface area contributed by atoms with E-state index >= 15 is 0 Å². The largest absolute Gasteiger partial charge is 0.494 e. The molecule has 0 unspecified atom stereocenters. The van der Waals surface area contributed by atoms with Crippen LogP contribution in [0.4, 0.5) is 10.1 Å². The quantitative estimate of drug-likeness (QED) is 0.792. The van der Waals surface area contributed by atoms with Crippen LogP contribution in [0.5, 0.6) is 5.75 Å². The first-order chi connectivity index (χ1) is 9.25. The molecular formula is C15H15BrFNO. The summed E-state index contributed by atoms with van der Waals surface area (Å²) < 4.78 is 19.1. The summed E-state index contributed by atoms with van der Waals surface area (Å²) >= 11 is 3.16. The van der Waals surface area contributed by atoms with Crippen molar-refractivity contribution in [2.45, 2.75) is 6.42 Å². The summed E-state index contributed by atoms with van der Waals surface area (Å²) in [6.07, 6.45) is 0.879. The van der Waals surface area contributed by atoms with Crippen molar-refractivity contribution in [2.24, 2.45) is 0 Å². The van der Waals surface area contributed by atoms with Crippen molar-refractivity contribution in [1.82, 2.24) is 0 Å². The van der Waals surface area contributed by atoms with Crippen LogP contribution in [-0.4, -0.2) is 13.2 Å². The highest BCUT2D eigenvalue weighted by atomic mass is 79.9. The number of anilines is 1. The smallest absolute Gasteiger partial charge is 0.137 e. The van der Waals surface area contributed by atoms with Crippen LogP contribution in [-0.2, 0) is 0 Å². The number of rotatable bonds is 6. The average molecular weight is 324 g/mol. The zero-order chi connectivity index (χ0) is 13.5. The van der Waals surface area contributed by atoms with Crippen LogP contribution in [0.15, 0.2) is 53.0 Å². The molecule has 100 valence electrons. The molecule has 0 fully saturated rings. The van der Waals surface area contributed by atoms with Crippen molar-refractivity contribution < 1.29 is 9.13 Å². The van der Waals surface area contributed by atoms with Gasteiger partial charge in [0.1, 0.15) is 11.6 Å². The Morgan fingerprint density at radius 2 is 1.89 bits per heavy atom. The van der Waals surface area contributed by atoms with Gasteiger partial charge in [0.15, 0.2) is 0 Å². The molecule has 0 spiro atoms. The van der Waals surface area contributed by atoms with Crippen LogP contribution < -0.4 is 10.1 Å². The van der Waals surface area contributed by atoms with E-state index in [1.807, 2.05) is 30.3 Å². The maximum atomic E-state index is 13.0. The molecule has 0 radical (unpaired) electrons. The predicted molar refractivity (Wildman–Crippen MR) is 79.1 cm³/mol. The Kier molecular flexibility index (Phi) is 5.21. The van der Waals surface area contributed by atoms with Gasteiger partial charge in [0.25, 0.3) is 0 Å². The van der Waals surface area contributed by atoms with Crippen molar-refractivity contribution in [3.8, 4) is 5.75 Å². The summed E-state index contributed by atoms with van der Waals surface area (Å²) in [5, 5.41) is 3.22. The summed E-state index contributed by atoms with van der Waals surface area (Å²) in [4.78, 5) is 0. The van der Waals surface area contributed by atoms with E-state index < -0.39 is 0 Å². The van der Waals surface area contributed by atoms with Crippen LogP contribution in [0.3, 0.4) is 0 Å². The maximum Gasteiger partial charge on any atom is 0.137 e. The maximum absolute atomic E-state index is 13.0. The molecule has 4 heteroatoms. The highest BCUT2D eigenvalue weighted by Crippen LogP contribution is 2.19. The van der Waals surface area contributed by atoms with Gasteiger partial charge in [0, 0.05) is 12.2 Å². The van der Waals surface area contributed by atoms with Crippen LogP contribution in [0.25, 0.3) is 0 Å². The number of ether oxygens (including phenoxy) is 1. The van der Waals surface area contributed by atoms with Gasteiger partial charge in [-0.15, -0.1) is 0 Å². The molecule has 2 aromatic carbocycles. The molecule has 0 aliphatic carbocycles. The van der Waals surface area contributed by atoms with E-state index in [2.05, 4.69) is 21.2 Å². The first-order valence-electron chi connectivity index (χ1n) is 6.12. The minimum atomic E-state index is -0.252. The van der Waals surface area contributed by atoms with Crippen LogP contribution >= 0.6 is 15.9 Å². The third kappa shape index (κ3) is 4.56. The van der Waals surface area contributed by atoms with Crippen molar-refractivity contribution in [1.29, 1.82) is 0 Å². The zero-order valence-electron chi connectivity index (χ0n) is 10.4. The molecule has 0 bridgehead atoms. The number of hydrogen-bond acceptors (Lipinski definition) is 2. The second-order valence-electron chi connectivity index (χ2n) is 4.07. The van der Waals surface area contributed by atoms with Crippen LogP contribution in [0.2, 0.25) is 0 Å². The normalized spacial score (nSPS) is 10.2. The van der Waals surface area contributed by atoms with Crippen molar-refractivity contribution in [3.63, 3.8) is 0 Å². The Labute approximate surface area is 120 Å². The Balaban J connectivity index is 1.68. The molecule has 1 N–H and O–H groups in total. The van der Waals surface area contributed by atoms with Crippen LogP contribution in [0, 0.1) is 5.82 Å². The first-order valence-corrected chi connectivity index (χ1v) is 6.92. The molecular weight excluding hydrogens is 309 g/mol. The van der Waals surface area contributed by atoms with Gasteiger partial charge in [-0.3, -0.25) is 0 Å². The lowest BCUT2D eigenvalue weighted by Gasteiger charge is -2.08. The number of hydrogen-bond donors (Lipinski definition) is 1. The molecule has 2 aromatic rings. The lowest BCUT2D eigenvalue weighted by Crippen LogP contribution is -2.07. The molecule has 2 nitrogen and oxygen atoms in total. The highest BCUT2D eigenvalue weighted by molar-refractivity contribution is 9.10. The SMILES string of the molecule is Fc1ccc(NCCCOc2ccccc2)cc1Br. The molecule has 19 heavy (non-hydrogen) atoms. The van der Waals surface area contributed by atoms with Gasteiger partial charge < -0.3 is 10.1 Å². The Morgan fingerprint density at radius 3 is 2.63 bits per heavy atom. The van der Waals surface area contributed by atoms with Gasteiger partial charge in [-0.25, -0.2) is 4.39 Å². The highest BCUT2D eigenvalue weighted by Gasteiger charge is 1.99. The summed E-state index contributed by atoms with van der Waals surface area (Å²) in [6, 6.07) is 14.6. The van der Waals surface area contributed by atoms with Crippen molar-refractivity contribution >= 4 is 21.6 Å². The predicted octanol–water partition coefficient (Wildman–Crippen LogP) is 4.47. The molecule has 0 aliphatic heterocycles. The fourth-order valence-corrected chi connectivity index (χ4v) is 2.00. The number of nitrogens with one attached hydrogen (secondary N) is 1. The topological polar surface area (TPSA) is 21.3 Å². The molecule has 0 atom stereocenters. The lowest BCUT2D eigenvalue weighted by molar-refractivity contribution is 0.315. The Hall–Kier alpha value is -1.55.